The van der Waals surface area contributed by atoms with Gasteiger partial charge in [0.1, 0.15) is 5.82 Å². The van der Waals surface area contributed by atoms with Gasteiger partial charge in [0.05, 0.1) is 5.02 Å². The van der Waals surface area contributed by atoms with Crippen LogP contribution in [0.5, 0.6) is 0 Å². The van der Waals surface area contributed by atoms with Crippen molar-refractivity contribution in [1.29, 1.82) is 0 Å². The van der Waals surface area contributed by atoms with E-state index in [1.165, 1.54) is 0 Å². The van der Waals surface area contributed by atoms with Crippen molar-refractivity contribution in [2.75, 3.05) is 19.6 Å². The monoisotopic (exact) mass is 214 g/mol. The number of benzene rings is 1. The summed E-state index contributed by atoms with van der Waals surface area (Å²) >= 11 is 5.71. The van der Waals surface area contributed by atoms with Gasteiger partial charge in [-0.25, -0.2) is 4.39 Å². The average molecular weight is 215 g/mol. The molecule has 1 fully saturated rings. The van der Waals surface area contributed by atoms with Gasteiger partial charge < -0.3 is 10.6 Å². The fourth-order valence-electron chi connectivity index (χ4n) is 1.66. The molecule has 0 aromatic heterocycles. The van der Waals surface area contributed by atoms with Crippen LogP contribution < -0.4 is 10.6 Å². The Balaban J connectivity index is 2.26. The van der Waals surface area contributed by atoms with E-state index >= 15 is 0 Å². The number of halogens is 2. The Morgan fingerprint density at radius 1 is 1.36 bits per heavy atom. The maximum absolute atomic E-state index is 13.6. The highest BCUT2D eigenvalue weighted by atomic mass is 35.5. The van der Waals surface area contributed by atoms with Gasteiger partial charge in [-0.15, -0.1) is 0 Å². The molecule has 4 heteroatoms. The van der Waals surface area contributed by atoms with Crippen molar-refractivity contribution >= 4 is 11.6 Å². The quantitative estimate of drug-likeness (QED) is 0.744. The second-order valence-corrected chi connectivity index (χ2v) is 3.76. The van der Waals surface area contributed by atoms with E-state index < -0.39 is 0 Å². The Morgan fingerprint density at radius 2 is 2.21 bits per heavy atom. The molecule has 0 amide bonds. The summed E-state index contributed by atoms with van der Waals surface area (Å²) in [5.41, 5.74) is 0.643. The van der Waals surface area contributed by atoms with Crippen molar-refractivity contribution in [2.45, 2.75) is 6.04 Å². The van der Waals surface area contributed by atoms with Crippen LogP contribution in [0, 0.1) is 5.82 Å². The van der Waals surface area contributed by atoms with Crippen molar-refractivity contribution in [3.63, 3.8) is 0 Å². The number of hydrogen-bond donors (Lipinski definition) is 2. The first-order valence-electron chi connectivity index (χ1n) is 4.67. The Bertz CT molecular complexity index is 324. The van der Waals surface area contributed by atoms with E-state index in [4.69, 9.17) is 11.6 Å². The van der Waals surface area contributed by atoms with Gasteiger partial charge >= 0.3 is 0 Å². The van der Waals surface area contributed by atoms with E-state index in [2.05, 4.69) is 10.6 Å². The highest BCUT2D eigenvalue weighted by molar-refractivity contribution is 6.30. The lowest BCUT2D eigenvalue weighted by molar-refractivity contribution is 0.417. The van der Waals surface area contributed by atoms with Crippen LogP contribution in [0.2, 0.25) is 5.02 Å². The molecule has 1 aromatic rings. The molecule has 0 bridgehead atoms. The summed E-state index contributed by atoms with van der Waals surface area (Å²) in [5.74, 6) is -0.310. The van der Waals surface area contributed by atoms with Crippen LogP contribution in [0.1, 0.15) is 11.6 Å². The van der Waals surface area contributed by atoms with Crippen LogP contribution in [0.3, 0.4) is 0 Å². The van der Waals surface area contributed by atoms with E-state index in [9.17, 15) is 4.39 Å². The summed E-state index contributed by atoms with van der Waals surface area (Å²) in [4.78, 5) is 0. The minimum Gasteiger partial charge on any atom is -0.314 e. The van der Waals surface area contributed by atoms with Gasteiger partial charge in [0.25, 0.3) is 0 Å². The first kappa shape index (κ1) is 9.90. The van der Waals surface area contributed by atoms with Crippen LogP contribution >= 0.6 is 11.6 Å². The predicted molar refractivity (Wildman–Crippen MR) is 55.0 cm³/mol. The minimum atomic E-state index is -0.310. The van der Waals surface area contributed by atoms with E-state index in [-0.39, 0.29) is 16.9 Å². The Morgan fingerprint density at radius 3 is 2.93 bits per heavy atom. The lowest BCUT2D eigenvalue weighted by atomic mass is 10.1. The fourth-order valence-corrected chi connectivity index (χ4v) is 1.84. The topological polar surface area (TPSA) is 24.1 Å². The van der Waals surface area contributed by atoms with E-state index in [1.54, 1.807) is 18.2 Å². The highest BCUT2D eigenvalue weighted by Gasteiger charge is 2.18. The molecule has 0 spiro atoms. The van der Waals surface area contributed by atoms with Gasteiger partial charge in [-0.1, -0.05) is 23.7 Å². The highest BCUT2D eigenvalue weighted by Crippen LogP contribution is 2.23. The van der Waals surface area contributed by atoms with Crippen LogP contribution in [0.15, 0.2) is 18.2 Å². The summed E-state index contributed by atoms with van der Waals surface area (Å²) in [7, 11) is 0. The summed E-state index contributed by atoms with van der Waals surface area (Å²) < 4.78 is 13.6. The largest absolute Gasteiger partial charge is 0.314 e. The Hall–Kier alpha value is -0.640. The van der Waals surface area contributed by atoms with Crippen molar-refractivity contribution in [2.24, 2.45) is 0 Å². The molecule has 0 aliphatic carbocycles. The summed E-state index contributed by atoms with van der Waals surface area (Å²) in [6, 6.07) is 5.14. The van der Waals surface area contributed by atoms with E-state index in [0.29, 0.717) is 5.56 Å². The fraction of sp³-hybridized carbons (Fsp3) is 0.400. The SMILES string of the molecule is Fc1c(Cl)cccc1[C@@H]1CNCCN1. The van der Waals surface area contributed by atoms with Gasteiger partial charge in [0.2, 0.25) is 0 Å². The van der Waals surface area contributed by atoms with Gasteiger partial charge in [-0.3, -0.25) is 0 Å². The third-order valence-corrected chi connectivity index (χ3v) is 2.69. The molecule has 0 unspecified atom stereocenters. The zero-order valence-corrected chi connectivity index (χ0v) is 8.44. The van der Waals surface area contributed by atoms with E-state index in [1.807, 2.05) is 0 Å². The number of rotatable bonds is 1. The molecule has 2 rings (SSSR count). The zero-order valence-electron chi connectivity index (χ0n) is 7.69. The lowest BCUT2D eigenvalue weighted by Gasteiger charge is -2.25. The summed E-state index contributed by atoms with van der Waals surface area (Å²) in [6.45, 7) is 2.53. The molecule has 2 nitrogen and oxygen atoms in total. The number of nitrogens with one attached hydrogen (secondary N) is 2. The summed E-state index contributed by atoms with van der Waals surface area (Å²) in [6.07, 6.45) is 0. The first-order chi connectivity index (χ1) is 6.79. The molecule has 1 aromatic carbocycles. The third-order valence-electron chi connectivity index (χ3n) is 2.40. The molecule has 0 radical (unpaired) electrons. The predicted octanol–water partition coefficient (Wildman–Crippen LogP) is 1.71. The lowest BCUT2D eigenvalue weighted by Crippen LogP contribution is -2.42. The van der Waals surface area contributed by atoms with E-state index in [0.717, 1.165) is 19.6 Å². The Kier molecular flexibility index (Phi) is 3.01. The normalized spacial score (nSPS) is 22.3. The average Bonchev–Trinajstić information content (AvgIpc) is 2.23. The molecule has 1 heterocycles. The number of hydrogen-bond acceptors (Lipinski definition) is 2. The second kappa shape index (κ2) is 4.26. The van der Waals surface area contributed by atoms with Gasteiger partial charge in [-0.05, 0) is 6.07 Å². The van der Waals surface area contributed by atoms with Gasteiger partial charge in [0, 0.05) is 31.2 Å². The van der Waals surface area contributed by atoms with Crippen molar-refractivity contribution in [1.82, 2.24) is 10.6 Å². The maximum atomic E-state index is 13.6. The van der Waals surface area contributed by atoms with Crippen molar-refractivity contribution < 1.29 is 4.39 Å². The minimum absolute atomic E-state index is 0.0300. The van der Waals surface area contributed by atoms with Crippen molar-refractivity contribution in [3.8, 4) is 0 Å². The van der Waals surface area contributed by atoms with Crippen LogP contribution in [-0.4, -0.2) is 19.6 Å². The molecule has 1 atom stereocenters. The molecule has 0 saturated carbocycles. The molecular weight excluding hydrogens is 203 g/mol. The molecule has 1 saturated heterocycles. The number of piperazine rings is 1. The molecule has 76 valence electrons. The molecular formula is C10H12ClFN2. The zero-order chi connectivity index (χ0) is 9.97. The molecule has 1 aliphatic rings. The van der Waals surface area contributed by atoms with Crippen LogP contribution in [0.25, 0.3) is 0 Å². The van der Waals surface area contributed by atoms with Crippen molar-refractivity contribution in [3.05, 3.63) is 34.6 Å². The molecule has 1 aliphatic heterocycles. The van der Waals surface area contributed by atoms with Gasteiger partial charge in [-0.2, -0.15) is 0 Å². The standard InChI is InChI=1S/C10H12ClFN2/c11-8-3-1-2-7(10(8)12)9-6-13-4-5-14-9/h1-3,9,13-14H,4-6H2/t9-/m0/s1. The maximum Gasteiger partial charge on any atom is 0.146 e. The summed E-state index contributed by atoms with van der Waals surface area (Å²) in [5, 5.41) is 6.64. The smallest absolute Gasteiger partial charge is 0.146 e. The third kappa shape index (κ3) is 1.90. The first-order valence-corrected chi connectivity index (χ1v) is 5.05. The van der Waals surface area contributed by atoms with Gasteiger partial charge in [0.15, 0.2) is 0 Å². The Labute approximate surface area is 87.5 Å². The van der Waals surface area contributed by atoms with Crippen LogP contribution in [0.4, 0.5) is 4.39 Å². The van der Waals surface area contributed by atoms with Crippen LogP contribution in [-0.2, 0) is 0 Å². The second-order valence-electron chi connectivity index (χ2n) is 3.35. The molecule has 2 N–H and O–H groups in total. The molecule has 14 heavy (non-hydrogen) atoms.